The molecule has 0 bridgehead atoms. The van der Waals surface area contributed by atoms with Gasteiger partial charge in [0.25, 0.3) is 5.69 Å². The molecule has 0 amide bonds. The van der Waals surface area contributed by atoms with E-state index >= 15 is 0 Å². The minimum Gasteiger partial charge on any atom is -0.316 e. The van der Waals surface area contributed by atoms with Crippen molar-refractivity contribution in [2.45, 2.75) is 19.4 Å². The van der Waals surface area contributed by atoms with Crippen molar-refractivity contribution >= 4 is 28.8 Å². The monoisotopic (exact) mass is 337 g/mol. The minimum absolute atomic E-state index is 0.0663. The quantitative estimate of drug-likeness (QED) is 0.391. The van der Waals surface area contributed by atoms with Gasteiger partial charge in [0.1, 0.15) is 0 Å². The second-order valence-electron chi connectivity index (χ2n) is 6.12. The van der Waals surface area contributed by atoms with Gasteiger partial charge < -0.3 is 4.57 Å². The lowest BCUT2D eigenvalue weighted by Crippen LogP contribution is -2.07. The van der Waals surface area contributed by atoms with E-state index in [0.29, 0.717) is 16.4 Å². The lowest BCUT2D eigenvalue weighted by molar-refractivity contribution is -0.384. The number of nitrogens with zero attached hydrogens (tertiary/aromatic N) is 3. The standard InChI is InChI=1S/C18H15N3O2S/c22-21(23)14-8-9-16-15(10-14)17(13-4-2-1-3-5-13)19-18(24)20(16)11-12-6-7-12/h1-5,8-10,12H,6-7,11H2. The molecule has 0 atom stereocenters. The third-order valence-electron chi connectivity index (χ3n) is 4.36. The van der Waals surface area contributed by atoms with Crippen LogP contribution in [0.15, 0.2) is 48.5 Å². The van der Waals surface area contributed by atoms with Crippen molar-refractivity contribution in [3.63, 3.8) is 0 Å². The summed E-state index contributed by atoms with van der Waals surface area (Å²) >= 11 is 5.52. The van der Waals surface area contributed by atoms with Crippen LogP contribution in [0.1, 0.15) is 12.8 Å². The highest BCUT2D eigenvalue weighted by Crippen LogP contribution is 2.34. The number of aromatic nitrogens is 2. The van der Waals surface area contributed by atoms with E-state index in [9.17, 15) is 10.1 Å². The van der Waals surface area contributed by atoms with E-state index in [0.717, 1.165) is 23.0 Å². The molecule has 0 aliphatic heterocycles. The topological polar surface area (TPSA) is 61.0 Å². The molecule has 1 saturated carbocycles. The maximum absolute atomic E-state index is 11.2. The molecule has 0 unspecified atom stereocenters. The second kappa shape index (κ2) is 5.79. The van der Waals surface area contributed by atoms with Gasteiger partial charge in [-0.15, -0.1) is 0 Å². The zero-order valence-corrected chi connectivity index (χ0v) is 13.7. The van der Waals surface area contributed by atoms with Gasteiger partial charge in [0.15, 0.2) is 0 Å². The van der Waals surface area contributed by atoms with Gasteiger partial charge in [-0.05, 0) is 37.0 Å². The van der Waals surface area contributed by atoms with Crippen molar-refractivity contribution in [3.05, 3.63) is 63.4 Å². The first kappa shape index (κ1) is 15.0. The number of hydrogen-bond donors (Lipinski definition) is 0. The van der Waals surface area contributed by atoms with Crippen molar-refractivity contribution in [2.24, 2.45) is 5.92 Å². The molecule has 1 aliphatic rings. The van der Waals surface area contributed by atoms with Gasteiger partial charge in [-0.3, -0.25) is 10.1 Å². The highest BCUT2D eigenvalue weighted by molar-refractivity contribution is 7.71. The largest absolute Gasteiger partial charge is 0.316 e. The average molecular weight is 337 g/mol. The summed E-state index contributed by atoms with van der Waals surface area (Å²) in [7, 11) is 0. The zero-order chi connectivity index (χ0) is 16.7. The van der Waals surface area contributed by atoms with Crippen LogP contribution in [-0.4, -0.2) is 14.5 Å². The molecule has 2 aromatic carbocycles. The Hall–Kier alpha value is -2.60. The molecule has 4 rings (SSSR count). The highest BCUT2D eigenvalue weighted by atomic mass is 32.1. The molecule has 6 heteroatoms. The summed E-state index contributed by atoms with van der Waals surface area (Å²) in [6.07, 6.45) is 2.41. The van der Waals surface area contributed by atoms with Crippen molar-refractivity contribution in [1.29, 1.82) is 0 Å². The molecule has 0 spiro atoms. The van der Waals surface area contributed by atoms with E-state index < -0.39 is 0 Å². The Morgan fingerprint density at radius 2 is 1.96 bits per heavy atom. The van der Waals surface area contributed by atoms with Crippen LogP contribution in [0, 0.1) is 20.8 Å². The van der Waals surface area contributed by atoms with Crippen LogP contribution >= 0.6 is 12.2 Å². The smallest absolute Gasteiger partial charge is 0.270 e. The van der Waals surface area contributed by atoms with Gasteiger partial charge in [0.05, 0.1) is 16.1 Å². The predicted molar refractivity (Wildman–Crippen MR) is 95.4 cm³/mol. The molecule has 1 fully saturated rings. The Labute approximate surface area is 143 Å². The first-order valence-electron chi connectivity index (χ1n) is 7.88. The summed E-state index contributed by atoms with van der Waals surface area (Å²) in [4.78, 5) is 15.4. The van der Waals surface area contributed by atoms with E-state index in [1.807, 2.05) is 34.9 Å². The summed E-state index contributed by atoms with van der Waals surface area (Å²) in [5.74, 6) is 0.638. The minimum atomic E-state index is -0.374. The van der Waals surface area contributed by atoms with Crippen molar-refractivity contribution in [1.82, 2.24) is 9.55 Å². The summed E-state index contributed by atoms with van der Waals surface area (Å²) in [6.45, 7) is 0.829. The maximum Gasteiger partial charge on any atom is 0.270 e. The van der Waals surface area contributed by atoms with Crippen LogP contribution in [-0.2, 0) is 6.54 Å². The Balaban J connectivity index is 2.02. The normalized spacial score (nSPS) is 14.0. The molecule has 0 saturated heterocycles. The number of nitro groups is 1. The number of nitro benzene ring substituents is 1. The van der Waals surface area contributed by atoms with Crippen LogP contribution in [0.2, 0.25) is 0 Å². The molecular formula is C18H15N3O2S. The number of hydrogen-bond acceptors (Lipinski definition) is 4. The highest BCUT2D eigenvalue weighted by Gasteiger charge is 2.23. The molecule has 5 nitrogen and oxygen atoms in total. The third-order valence-corrected chi connectivity index (χ3v) is 4.67. The summed E-state index contributed by atoms with van der Waals surface area (Å²) < 4.78 is 2.54. The lowest BCUT2D eigenvalue weighted by Gasteiger charge is -2.14. The predicted octanol–water partition coefficient (Wildman–Crippen LogP) is 4.75. The van der Waals surface area contributed by atoms with Crippen molar-refractivity contribution < 1.29 is 4.92 Å². The van der Waals surface area contributed by atoms with Crippen LogP contribution in [0.3, 0.4) is 0 Å². The van der Waals surface area contributed by atoms with E-state index in [2.05, 4.69) is 4.98 Å². The molecule has 0 N–H and O–H groups in total. The van der Waals surface area contributed by atoms with Crippen LogP contribution in [0.5, 0.6) is 0 Å². The van der Waals surface area contributed by atoms with E-state index in [1.54, 1.807) is 12.1 Å². The molecule has 24 heavy (non-hydrogen) atoms. The number of fused-ring (bicyclic) bond motifs is 1. The maximum atomic E-state index is 11.2. The third kappa shape index (κ3) is 2.69. The number of rotatable bonds is 4. The Morgan fingerprint density at radius 1 is 1.21 bits per heavy atom. The molecular weight excluding hydrogens is 322 g/mol. The molecule has 0 radical (unpaired) electrons. The van der Waals surface area contributed by atoms with Crippen LogP contribution < -0.4 is 0 Å². The van der Waals surface area contributed by atoms with Crippen molar-refractivity contribution in [3.8, 4) is 11.3 Å². The van der Waals surface area contributed by atoms with Crippen LogP contribution in [0.4, 0.5) is 5.69 Å². The van der Waals surface area contributed by atoms with Gasteiger partial charge in [-0.25, -0.2) is 4.98 Å². The first-order valence-corrected chi connectivity index (χ1v) is 8.29. The van der Waals surface area contributed by atoms with E-state index in [-0.39, 0.29) is 10.6 Å². The Morgan fingerprint density at radius 3 is 2.62 bits per heavy atom. The van der Waals surface area contributed by atoms with Gasteiger partial charge in [0.2, 0.25) is 4.77 Å². The van der Waals surface area contributed by atoms with Crippen LogP contribution in [0.25, 0.3) is 22.2 Å². The van der Waals surface area contributed by atoms with Crippen molar-refractivity contribution in [2.75, 3.05) is 0 Å². The first-order chi connectivity index (χ1) is 11.6. The summed E-state index contributed by atoms with van der Waals surface area (Å²) in [5.41, 5.74) is 2.59. The van der Waals surface area contributed by atoms with Gasteiger partial charge in [0, 0.05) is 29.6 Å². The fraction of sp³-hybridized carbons (Fsp3) is 0.222. The molecule has 1 aliphatic carbocycles. The lowest BCUT2D eigenvalue weighted by atomic mass is 10.1. The Kier molecular flexibility index (Phi) is 3.61. The SMILES string of the molecule is O=[N+]([O-])c1ccc2c(c1)c(-c1ccccc1)nc(=S)n2CC1CC1. The fourth-order valence-electron chi connectivity index (χ4n) is 2.93. The van der Waals surface area contributed by atoms with Gasteiger partial charge in [-0.1, -0.05) is 30.3 Å². The van der Waals surface area contributed by atoms with Gasteiger partial charge >= 0.3 is 0 Å². The van der Waals surface area contributed by atoms with E-state index in [1.165, 1.54) is 18.9 Å². The average Bonchev–Trinajstić information content (AvgIpc) is 3.41. The molecule has 1 heterocycles. The molecule has 120 valence electrons. The summed E-state index contributed by atoms with van der Waals surface area (Å²) in [5, 5.41) is 12.0. The second-order valence-corrected chi connectivity index (χ2v) is 6.49. The molecule has 3 aromatic rings. The number of benzene rings is 2. The van der Waals surface area contributed by atoms with E-state index in [4.69, 9.17) is 12.2 Å². The Bertz CT molecular complexity index is 994. The fourth-order valence-corrected chi connectivity index (χ4v) is 3.20. The number of non-ortho nitro benzene ring substituents is 1. The van der Waals surface area contributed by atoms with Gasteiger partial charge in [-0.2, -0.15) is 0 Å². The molecule has 1 aromatic heterocycles. The summed E-state index contributed by atoms with van der Waals surface area (Å²) in [6, 6.07) is 14.6. The zero-order valence-electron chi connectivity index (χ0n) is 12.9.